The Labute approximate surface area is 181 Å². The van der Waals surface area contributed by atoms with E-state index in [2.05, 4.69) is 41.5 Å². The van der Waals surface area contributed by atoms with Crippen LogP contribution in [0.3, 0.4) is 0 Å². The second-order valence-electron chi connectivity index (χ2n) is 6.57. The molecule has 0 radical (unpaired) electrons. The number of imidazole rings is 1. The van der Waals surface area contributed by atoms with Gasteiger partial charge in [0, 0.05) is 0 Å². The molecule has 1 aliphatic heterocycles. The Morgan fingerprint density at radius 3 is 2.86 bits per heavy atom. The Morgan fingerprint density at radius 2 is 2.10 bits per heavy atom. The monoisotopic (exact) mass is 526 g/mol. The molecule has 1 saturated heterocycles. The second-order valence-corrected chi connectivity index (χ2v) is 10.1. The molecule has 3 aromatic rings. The molecule has 1 fully saturated rings. The molecule has 1 aliphatic rings. The van der Waals surface area contributed by atoms with Crippen LogP contribution in [0.15, 0.2) is 41.4 Å². The van der Waals surface area contributed by atoms with Crippen molar-refractivity contribution in [3.8, 4) is 0 Å². The molecule has 152 valence electrons. The van der Waals surface area contributed by atoms with Gasteiger partial charge in [-0.25, -0.2) is 0 Å². The first kappa shape index (κ1) is 20.2. The minimum absolute atomic E-state index is 0.269. The number of carbonyl (C=O) groups excluding carboxylic acids is 1. The summed E-state index contributed by atoms with van der Waals surface area (Å²) in [5.74, 6) is 0.312. The summed E-state index contributed by atoms with van der Waals surface area (Å²) in [5, 5.41) is 26.7. The second kappa shape index (κ2) is 8.37. The van der Waals surface area contributed by atoms with Gasteiger partial charge in [-0.2, -0.15) is 0 Å². The number of hydrogen-bond donors (Lipinski definition) is 4. The molecule has 4 rings (SSSR count). The number of benzene rings is 1. The van der Waals surface area contributed by atoms with E-state index in [9.17, 15) is 15.0 Å². The molecule has 4 N–H and O–H groups in total. The SMILES string of the molecule is CNC(=O)[C@@H]1[Se][C@@H](n2cnc3c(NCc4cccc(Br)c4)ncnc32)[C@H](O)[C@@H]1O. The van der Waals surface area contributed by atoms with Crippen LogP contribution in [0.25, 0.3) is 11.2 Å². The van der Waals surface area contributed by atoms with Crippen LogP contribution in [0.1, 0.15) is 10.5 Å². The summed E-state index contributed by atoms with van der Waals surface area (Å²) in [4.78, 5) is 24.0. The Hall–Kier alpha value is -2.04. The van der Waals surface area contributed by atoms with E-state index in [1.807, 2.05) is 24.3 Å². The number of nitrogens with zero attached hydrogens (tertiary/aromatic N) is 4. The number of rotatable bonds is 5. The van der Waals surface area contributed by atoms with Crippen LogP contribution < -0.4 is 10.6 Å². The average Bonchev–Trinajstić information content (AvgIpc) is 3.28. The van der Waals surface area contributed by atoms with Crippen LogP contribution >= 0.6 is 15.9 Å². The Bertz CT molecular complexity index is 1050. The van der Waals surface area contributed by atoms with E-state index in [4.69, 9.17) is 0 Å². The maximum atomic E-state index is 12.0. The Kier molecular flexibility index (Phi) is 5.84. The van der Waals surface area contributed by atoms with Crippen LogP contribution in [0.4, 0.5) is 5.82 Å². The van der Waals surface area contributed by atoms with Gasteiger partial charge in [-0.1, -0.05) is 0 Å². The molecule has 1 aromatic carbocycles. The van der Waals surface area contributed by atoms with E-state index in [0.717, 1.165) is 10.0 Å². The van der Waals surface area contributed by atoms with Crippen molar-refractivity contribution in [1.82, 2.24) is 24.8 Å². The van der Waals surface area contributed by atoms with Crippen LogP contribution in [0.2, 0.25) is 4.82 Å². The zero-order chi connectivity index (χ0) is 20.5. The summed E-state index contributed by atoms with van der Waals surface area (Å²) in [6.07, 6.45) is 0.833. The fraction of sp³-hybridized carbons (Fsp3) is 0.333. The van der Waals surface area contributed by atoms with Gasteiger partial charge < -0.3 is 0 Å². The van der Waals surface area contributed by atoms with Gasteiger partial charge in [-0.05, 0) is 0 Å². The molecule has 0 saturated carbocycles. The van der Waals surface area contributed by atoms with Crippen LogP contribution in [-0.2, 0) is 11.3 Å². The van der Waals surface area contributed by atoms with Crippen molar-refractivity contribution in [3.63, 3.8) is 0 Å². The third kappa shape index (κ3) is 3.88. The van der Waals surface area contributed by atoms with Crippen LogP contribution in [0.5, 0.6) is 0 Å². The van der Waals surface area contributed by atoms with Crippen LogP contribution in [-0.4, -0.2) is 69.9 Å². The van der Waals surface area contributed by atoms with E-state index in [-0.39, 0.29) is 20.9 Å². The molecule has 29 heavy (non-hydrogen) atoms. The number of aromatic nitrogens is 4. The average molecular weight is 526 g/mol. The van der Waals surface area contributed by atoms with Gasteiger partial charge in [-0.3, -0.25) is 0 Å². The van der Waals surface area contributed by atoms with Crippen molar-refractivity contribution in [1.29, 1.82) is 0 Å². The summed E-state index contributed by atoms with van der Waals surface area (Å²) in [7, 11) is 1.52. The fourth-order valence-electron chi connectivity index (χ4n) is 3.25. The molecule has 0 aliphatic carbocycles. The van der Waals surface area contributed by atoms with Gasteiger partial charge in [-0.15, -0.1) is 0 Å². The molecule has 2 aromatic heterocycles. The molecule has 0 spiro atoms. The zero-order valence-corrected chi connectivity index (χ0v) is 18.7. The number of fused-ring (bicyclic) bond motifs is 1. The number of amides is 1. The predicted molar refractivity (Wildman–Crippen MR) is 111 cm³/mol. The Balaban J connectivity index is 1.60. The molecule has 0 bridgehead atoms. The summed E-state index contributed by atoms with van der Waals surface area (Å²) in [6.45, 7) is 0.561. The summed E-state index contributed by atoms with van der Waals surface area (Å²) in [6, 6.07) is 7.94. The number of anilines is 1. The van der Waals surface area contributed by atoms with Gasteiger partial charge in [0.1, 0.15) is 0 Å². The Morgan fingerprint density at radius 1 is 1.28 bits per heavy atom. The van der Waals surface area contributed by atoms with Gasteiger partial charge in [0.25, 0.3) is 0 Å². The molecular weight excluding hydrogens is 507 g/mol. The van der Waals surface area contributed by atoms with E-state index < -0.39 is 22.0 Å². The van der Waals surface area contributed by atoms with Crippen molar-refractivity contribution >= 4 is 53.8 Å². The number of nitrogens with one attached hydrogen (secondary N) is 2. The molecular formula is C18H19BrN6O3Se. The first-order valence-corrected chi connectivity index (χ1v) is 11.7. The number of aliphatic hydroxyl groups excluding tert-OH is 2. The van der Waals surface area contributed by atoms with Crippen molar-refractivity contribution in [2.75, 3.05) is 12.4 Å². The van der Waals surface area contributed by atoms with E-state index in [0.29, 0.717) is 23.5 Å². The summed E-state index contributed by atoms with van der Waals surface area (Å²) < 4.78 is 2.73. The molecule has 3 heterocycles. The zero-order valence-electron chi connectivity index (χ0n) is 15.4. The number of carbonyl (C=O) groups is 1. The maximum absolute atomic E-state index is 12.0. The molecule has 0 unspecified atom stereocenters. The quantitative estimate of drug-likeness (QED) is 0.361. The van der Waals surface area contributed by atoms with Gasteiger partial charge >= 0.3 is 181 Å². The molecule has 4 atom stereocenters. The standard InChI is InChI=1S/C18H19BrN6O3Se/c1-20-17(28)14-12(26)13(27)18(29-14)25-8-24-11-15(22-7-23-16(11)25)21-6-9-3-2-4-10(19)5-9/h2-5,7-8,12-14,18,26-27H,6H2,1H3,(H,20,28)(H,21,22,23)/t12-,13+,14+,18+/m0/s1. The van der Waals surface area contributed by atoms with Gasteiger partial charge in [0.15, 0.2) is 0 Å². The molecule has 11 heteroatoms. The summed E-state index contributed by atoms with van der Waals surface area (Å²) in [5.41, 5.74) is 2.20. The fourth-order valence-corrected chi connectivity index (χ4v) is 6.78. The number of aliphatic hydroxyl groups is 2. The van der Waals surface area contributed by atoms with Crippen molar-refractivity contribution in [2.24, 2.45) is 0 Å². The third-order valence-electron chi connectivity index (χ3n) is 4.73. The van der Waals surface area contributed by atoms with Crippen molar-refractivity contribution in [3.05, 3.63) is 47.0 Å². The number of halogens is 1. The van der Waals surface area contributed by atoms with E-state index in [1.54, 1.807) is 10.9 Å². The van der Waals surface area contributed by atoms with E-state index in [1.165, 1.54) is 13.4 Å². The van der Waals surface area contributed by atoms with Gasteiger partial charge in [0.05, 0.1) is 0 Å². The molecule has 1 amide bonds. The third-order valence-corrected chi connectivity index (χ3v) is 8.51. The first-order valence-electron chi connectivity index (χ1n) is 8.88. The minimum atomic E-state index is -1.12. The first-order chi connectivity index (χ1) is 14.0. The van der Waals surface area contributed by atoms with Crippen molar-refractivity contribution in [2.45, 2.75) is 28.5 Å². The normalized spacial score (nSPS) is 24.0. The molecule has 9 nitrogen and oxygen atoms in total. The van der Waals surface area contributed by atoms with E-state index >= 15 is 0 Å². The topological polar surface area (TPSA) is 125 Å². The van der Waals surface area contributed by atoms with Crippen molar-refractivity contribution < 1.29 is 15.0 Å². The predicted octanol–water partition coefficient (Wildman–Crippen LogP) is 0.674. The summed E-state index contributed by atoms with van der Waals surface area (Å²) >= 11 is 3.09. The van der Waals surface area contributed by atoms with Crippen LogP contribution in [0, 0.1) is 0 Å². The number of hydrogen-bond acceptors (Lipinski definition) is 7. The van der Waals surface area contributed by atoms with Gasteiger partial charge in [0.2, 0.25) is 0 Å².